The summed E-state index contributed by atoms with van der Waals surface area (Å²) in [4.78, 5) is 11.0. The van der Waals surface area contributed by atoms with Crippen LogP contribution in [0.3, 0.4) is 0 Å². The van der Waals surface area contributed by atoms with Crippen LogP contribution < -0.4 is 5.32 Å². The van der Waals surface area contributed by atoms with Crippen LogP contribution in [0.25, 0.3) is 0 Å². The number of rotatable bonds is 2. The van der Waals surface area contributed by atoms with Gasteiger partial charge in [-0.2, -0.15) is 0 Å². The third-order valence-corrected chi connectivity index (χ3v) is 1.94. The number of carbonyl (C=O) groups is 1. The molecule has 0 aromatic rings. The van der Waals surface area contributed by atoms with E-state index in [-0.39, 0.29) is 5.97 Å². The fourth-order valence-corrected chi connectivity index (χ4v) is 1.26. The van der Waals surface area contributed by atoms with Crippen molar-refractivity contribution in [3.8, 4) is 0 Å². The molecule has 1 rings (SSSR count). The molecule has 0 amide bonds. The maximum Gasteiger partial charge on any atom is 0.330 e. The van der Waals surface area contributed by atoms with Gasteiger partial charge in [-0.15, -0.1) is 0 Å². The maximum atomic E-state index is 11.0. The van der Waals surface area contributed by atoms with Crippen LogP contribution in [-0.2, 0) is 9.53 Å². The molecule has 13 heavy (non-hydrogen) atoms. The average Bonchev–Trinajstić information content (AvgIpc) is 2.09. The van der Waals surface area contributed by atoms with Crippen LogP contribution in [0.1, 0.15) is 13.3 Å². The highest BCUT2D eigenvalue weighted by Crippen LogP contribution is 2.09. The lowest BCUT2D eigenvalue weighted by atomic mass is 10.0. The Morgan fingerprint density at radius 2 is 2.62 bits per heavy atom. The van der Waals surface area contributed by atoms with Gasteiger partial charge in [0.1, 0.15) is 0 Å². The molecule has 4 heteroatoms. The number of aliphatic hydroxyl groups excluding tert-OH is 1. The van der Waals surface area contributed by atoms with E-state index in [0.717, 1.165) is 6.54 Å². The van der Waals surface area contributed by atoms with Crippen molar-refractivity contribution in [2.45, 2.75) is 19.4 Å². The van der Waals surface area contributed by atoms with Crippen molar-refractivity contribution >= 4 is 5.97 Å². The van der Waals surface area contributed by atoms with Crippen molar-refractivity contribution in [1.29, 1.82) is 0 Å². The topological polar surface area (TPSA) is 58.6 Å². The second kappa shape index (κ2) is 4.99. The number of esters is 1. The van der Waals surface area contributed by atoms with E-state index in [9.17, 15) is 9.90 Å². The highest BCUT2D eigenvalue weighted by Gasteiger charge is 2.16. The van der Waals surface area contributed by atoms with Gasteiger partial charge in [0.2, 0.25) is 0 Å². The molecule has 1 aliphatic heterocycles. The van der Waals surface area contributed by atoms with Crippen LogP contribution >= 0.6 is 0 Å². The first-order valence-electron chi connectivity index (χ1n) is 4.50. The predicted molar refractivity (Wildman–Crippen MR) is 48.2 cm³/mol. The normalized spacial score (nSPS) is 26.0. The fraction of sp³-hybridized carbons (Fsp3) is 0.667. The summed E-state index contributed by atoms with van der Waals surface area (Å²) in [5, 5.41) is 12.5. The van der Waals surface area contributed by atoms with Crippen molar-refractivity contribution in [3.63, 3.8) is 0 Å². The maximum absolute atomic E-state index is 11.0. The minimum atomic E-state index is -0.495. The zero-order valence-electron chi connectivity index (χ0n) is 7.75. The first-order valence-corrected chi connectivity index (χ1v) is 4.50. The monoisotopic (exact) mass is 185 g/mol. The molecule has 0 aromatic carbocycles. The molecule has 4 nitrogen and oxygen atoms in total. The molecular weight excluding hydrogens is 170 g/mol. The molecule has 1 heterocycles. The lowest BCUT2D eigenvalue weighted by Crippen LogP contribution is -2.33. The Hall–Kier alpha value is -0.870. The van der Waals surface area contributed by atoms with E-state index in [4.69, 9.17) is 4.74 Å². The molecule has 0 aromatic heterocycles. The summed E-state index contributed by atoms with van der Waals surface area (Å²) >= 11 is 0. The third kappa shape index (κ3) is 3.16. The Kier molecular flexibility index (Phi) is 3.92. The minimum absolute atomic E-state index is 0.367. The molecule has 1 unspecified atom stereocenters. The molecule has 0 aliphatic carbocycles. The van der Waals surface area contributed by atoms with Crippen LogP contribution in [0.5, 0.6) is 0 Å². The first-order chi connectivity index (χ1) is 6.24. The second-order valence-corrected chi connectivity index (χ2v) is 2.95. The summed E-state index contributed by atoms with van der Waals surface area (Å²) in [6, 6.07) is 0. The highest BCUT2D eigenvalue weighted by molar-refractivity contribution is 5.83. The van der Waals surface area contributed by atoms with Gasteiger partial charge in [0.25, 0.3) is 0 Å². The van der Waals surface area contributed by atoms with Crippen LogP contribution in [0.2, 0.25) is 0 Å². The number of carbonyl (C=O) groups excluding carboxylic acids is 1. The number of nitrogens with one attached hydrogen (secondary N) is 1. The Labute approximate surface area is 77.6 Å². The average molecular weight is 185 g/mol. The molecule has 74 valence electrons. The molecule has 2 N–H and O–H groups in total. The van der Waals surface area contributed by atoms with Gasteiger partial charge in [0, 0.05) is 12.6 Å². The predicted octanol–water partition coefficient (Wildman–Crippen LogP) is -0.170. The zero-order valence-corrected chi connectivity index (χ0v) is 7.75. The summed E-state index contributed by atoms with van der Waals surface area (Å²) in [7, 11) is 0. The summed E-state index contributed by atoms with van der Waals surface area (Å²) in [6.07, 6.45) is 1.54. The second-order valence-electron chi connectivity index (χ2n) is 2.95. The number of hydrogen-bond acceptors (Lipinski definition) is 4. The quantitative estimate of drug-likeness (QED) is 0.463. The van der Waals surface area contributed by atoms with Crippen LogP contribution in [0.4, 0.5) is 0 Å². The largest absolute Gasteiger partial charge is 0.463 e. The van der Waals surface area contributed by atoms with Crippen molar-refractivity contribution in [2.75, 3.05) is 19.7 Å². The minimum Gasteiger partial charge on any atom is -0.463 e. The lowest BCUT2D eigenvalue weighted by molar-refractivity contribution is -0.137. The Morgan fingerprint density at radius 1 is 1.85 bits per heavy atom. The van der Waals surface area contributed by atoms with E-state index in [2.05, 4.69) is 5.32 Å². The molecule has 1 atom stereocenters. The molecule has 1 aliphatic rings. The van der Waals surface area contributed by atoms with Crippen LogP contribution in [0.15, 0.2) is 11.6 Å². The Morgan fingerprint density at radius 3 is 3.23 bits per heavy atom. The molecule has 1 fully saturated rings. The molecule has 0 radical (unpaired) electrons. The summed E-state index contributed by atoms with van der Waals surface area (Å²) in [5.41, 5.74) is 0.713. The van der Waals surface area contributed by atoms with Crippen LogP contribution in [-0.4, -0.2) is 36.9 Å². The first kappa shape index (κ1) is 10.2. The standard InChI is InChI=1S/C9H15NO3/c1-2-13-9(12)5-7-6-10-4-3-8(7)11/h5,8,10-11H,2-4,6H2,1H3. The van der Waals surface area contributed by atoms with Gasteiger partial charge in [-0.25, -0.2) is 4.79 Å². The van der Waals surface area contributed by atoms with Gasteiger partial charge in [0.05, 0.1) is 12.7 Å². The fourth-order valence-electron chi connectivity index (χ4n) is 1.26. The van der Waals surface area contributed by atoms with E-state index in [1.807, 2.05) is 0 Å². The SMILES string of the molecule is CCOC(=O)C=C1CNCCC1O. The van der Waals surface area contributed by atoms with Gasteiger partial charge in [-0.05, 0) is 25.5 Å². The van der Waals surface area contributed by atoms with E-state index in [1.54, 1.807) is 6.92 Å². The van der Waals surface area contributed by atoms with Crippen molar-refractivity contribution < 1.29 is 14.6 Å². The molecule has 0 spiro atoms. The van der Waals surface area contributed by atoms with Crippen molar-refractivity contribution in [1.82, 2.24) is 5.32 Å². The van der Waals surface area contributed by atoms with Gasteiger partial charge in [-0.3, -0.25) is 0 Å². The van der Waals surface area contributed by atoms with Crippen LogP contribution in [0, 0.1) is 0 Å². The smallest absolute Gasteiger partial charge is 0.330 e. The lowest BCUT2D eigenvalue weighted by Gasteiger charge is -2.21. The Balaban J connectivity index is 2.52. The van der Waals surface area contributed by atoms with E-state index in [1.165, 1.54) is 6.08 Å². The van der Waals surface area contributed by atoms with Crippen molar-refractivity contribution in [3.05, 3.63) is 11.6 Å². The van der Waals surface area contributed by atoms with Gasteiger partial charge in [0.15, 0.2) is 0 Å². The van der Waals surface area contributed by atoms with Crippen molar-refractivity contribution in [2.24, 2.45) is 0 Å². The van der Waals surface area contributed by atoms with E-state index in [0.29, 0.717) is 25.1 Å². The van der Waals surface area contributed by atoms with Gasteiger partial charge < -0.3 is 15.2 Å². The number of hydrogen-bond donors (Lipinski definition) is 2. The molecule has 0 bridgehead atoms. The summed E-state index contributed by atoms with van der Waals surface area (Å²) in [5.74, 6) is -0.375. The number of aliphatic hydroxyl groups is 1. The summed E-state index contributed by atoms with van der Waals surface area (Å²) < 4.78 is 4.74. The number of piperidine rings is 1. The molecular formula is C9H15NO3. The third-order valence-electron chi connectivity index (χ3n) is 1.94. The molecule has 0 saturated carbocycles. The molecule has 1 saturated heterocycles. The Bertz CT molecular complexity index is 213. The van der Waals surface area contributed by atoms with Gasteiger partial charge in [-0.1, -0.05) is 0 Å². The highest BCUT2D eigenvalue weighted by atomic mass is 16.5. The zero-order chi connectivity index (χ0) is 9.68. The number of ether oxygens (including phenoxy) is 1. The van der Waals surface area contributed by atoms with E-state index < -0.39 is 6.10 Å². The summed E-state index contributed by atoms with van der Waals surface area (Å²) in [6.45, 7) is 3.49. The van der Waals surface area contributed by atoms with E-state index >= 15 is 0 Å². The van der Waals surface area contributed by atoms with Gasteiger partial charge >= 0.3 is 5.97 Å².